The van der Waals surface area contributed by atoms with E-state index in [1.807, 2.05) is 11.5 Å². The lowest BCUT2D eigenvalue weighted by Crippen LogP contribution is -2.35. The molecule has 3 rings (SSSR count). The van der Waals surface area contributed by atoms with E-state index < -0.39 is 21.7 Å². The highest BCUT2D eigenvalue weighted by Gasteiger charge is 2.18. The topological polar surface area (TPSA) is 93.1 Å². The van der Waals surface area contributed by atoms with E-state index in [-0.39, 0.29) is 22.2 Å². The van der Waals surface area contributed by atoms with Gasteiger partial charge in [0.15, 0.2) is 0 Å². The largest absolute Gasteiger partial charge is 0.348 e. The quantitative estimate of drug-likeness (QED) is 0.635. The Kier molecular flexibility index (Phi) is 5.74. The maximum absolute atomic E-state index is 13.7. The number of nitrogens with one attached hydrogen (secondary N) is 2. The molecule has 0 aliphatic rings. The molecule has 0 spiro atoms. The predicted molar refractivity (Wildman–Crippen MR) is 103 cm³/mol. The monoisotopic (exact) mass is 402 g/mol. The van der Waals surface area contributed by atoms with Gasteiger partial charge in [-0.05, 0) is 37.3 Å². The summed E-state index contributed by atoms with van der Waals surface area (Å²) in [7, 11) is -4.04. The number of nitrogens with zero attached hydrogens (tertiary/aromatic N) is 2. The van der Waals surface area contributed by atoms with Crippen molar-refractivity contribution in [3.8, 4) is 0 Å². The number of halogens is 1. The van der Waals surface area contributed by atoms with Crippen LogP contribution in [-0.4, -0.2) is 29.9 Å². The van der Waals surface area contributed by atoms with E-state index in [1.54, 1.807) is 18.7 Å². The SMILES string of the molecule is C[C@@H](Cn1ccnc1)NC(=O)c1cccc(S(=O)(=O)Nc2ccccc2F)c1. The van der Waals surface area contributed by atoms with Gasteiger partial charge in [0.25, 0.3) is 15.9 Å². The van der Waals surface area contributed by atoms with Crippen LogP contribution in [-0.2, 0) is 16.6 Å². The first-order chi connectivity index (χ1) is 13.3. The molecule has 1 amide bonds. The molecule has 0 unspecified atom stereocenters. The lowest BCUT2D eigenvalue weighted by Gasteiger charge is -2.15. The zero-order valence-corrected chi connectivity index (χ0v) is 15.9. The fraction of sp³-hybridized carbons (Fsp3) is 0.158. The number of carbonyl (C=O) groups excluding carboxylic acids is 1. The maximum Gasteiger partial charge on any atom is 0.262 e. The Bertz CT molecular complexity index is 1070. The average molecular weight is 402 g/mol. The van der Waals surface area contributed by atoms with Crippen LogP contribution in [0.3, 0.4) is 0 Å². The molecular weight excluding hydrogens is 383 g/mol. The van der Waals surface area contributed by atoms with E-state index in [2.05, 4.69) is 15.0 Å². The molecule has 0 saturated heterocycles. The van der Waals surface area contributed by atoms with Gasteiger partial charge in [0, 0.05) is 30.5 Å². The van der Waals surface area contributed by atoms with Crippen molar-refractivity contribution in [3.05, 3.63) is 78.6 Å². The number of imidazole rings is 1. The van der Waals surface area contributed by atoms with Gasteiger partial charge in [0.1, 0.15) is 5.82 Å². The molecule has 9 heteroatoms. The zero-order valence-electron chi connectivity index (χ0n) is 15.0. The number of benzene rings is 2. The van der Waals surface area contributed by atoms with Crippen molar-refractivity contribution in [2.24, 2.45) is 0 Å². The molecule has 146 valence electrons. The molecule has 1 heterocycles. The minimum Gasteiger partial charge on any atom is -0.348 e. The molecule has 3 aromatic rings. The maximum atomic E-state index is 13.7. The Hall–Kier alpha value is -3.20. The number of sulfonamides is 1. The molecule has 0 saturated carbocycles. The lowest BCUT2D eigenvalue weighted by molar-refractivity contribution is 0.0936. The second-order valence-electron chi connectivity index (χ2n) is 6.25. The Labute approximate surface area is 162 Å². The van der Waals surface area contributed by atoms with E-state index in [4.69, 9.17) is 0 Å². The molecule has 2 N–H and O–H groups in total. The van der Waals surface area contributed by atoms with E-state index in [0.717, 1.165) is 6.07 Å². The molecule has 0 fully saturated rings. The number of aromatic nitrogens is 2. The summed E-state index contributed by atoms with van der Waals surface area (Å²) >= 11 is 0. The highest BCUT2D eigenvalue weighted by molar-refractivity contribution is 7.92. The third-order valence-corrected chi connectivity index (χ3v) is 5.31. The summed E-state index contributed by atoms with van der Waals surface area (Å²) in [4.78, 5) is 16.3. The first kappa shape index (κ1) is 19.6. The highest BCUT2D eigenvalue weighted by atomic mass is 32.2. The number of para-hydroxylation sites is 1. The van der Waals surface area contributed by atoms with Gasteiger partial charge in [-0.1, -0.05) is 18.2 Å². The van der Waals surface area contributed by atoms with Crippen molar-refractivity contribution in [1.29, 1.82) is 0 Å². The third kappa shape index (κ3) is 4.74. The summed E-state index contributed by atoms with van der Waals surface area (Å²) in [5.41, 5.74) is 0.0280. The minimum absolute atomic E-state index is 0.134. The normalized spacial score (nSPS) is 12.4. The van der Waals surface area contributed by atoms with Crippen LogP contribution in [0.25, 0.3) is 0 Å². The molecular formula is C19H19FN4O3S. The summed E-state index contributed by atoms with van der Waals surface area (Å²) in [5, 5.41) is 2.81. The Morgan fingerprint density at radius 3 is 2.71 bits per heavy atom. The van der Waals surface area contributed by atoms with Crippen LogP contribution >= 0.6 is 0 Å². The van der Waals surface area contributed by atoms with Gasteiger partial charge in [-0.3, -0.25) is 9.52 Å². The van der Waals surface area contributed by atoms with Crippen molar-refractivity contribution < 1.29 is 17.6 Å². The van der Waals surface area contributed by atoms with E-state index >= 15 is 0 Å². The second-order valence-corrected chi connectivity index (χ2v) is 7.93. The van der Waals surface area contributed by atoms with Crippen LogP contribution in [0.4, 0.5) is 10.1 Å². The Balaban J connectivity index is 1.73. The van der Waals surface area contributed by atoms with Gasteiger partial charge in [-0.2, -0.15) is 0 Å². The van der Waals surface area contributed by atoms with Gasteiger partial charge < -0.3 is 9.88 Å². The van der Waals surface area contributed by atoms with Crippen molar-refractivity contribution in [2.75, 3.05) is 4.72 Å². The minimum atomic E-state index is -4.04. The molecule has 1 aromatic heterocycles. The van der Waals surface area contributed by atoms with Crippen LogP contribution in [0.2, 0.25) is 0 Å². The van der Waals surface area contributed by atoms with Crippen LogP contribution in [0.1, 0.15) is 17.3 Å². The standard InChI is InChI=1S/C19H19FN4O3S/c1-14(12-24-10-9-21-13-24)22-19(25)15-5-4-6-16(11-15)28(26,27)23-18-8-3-2-7-17(18)20/h2-11,13-14,23H,12H2,1H3,(H,22,25)/t14-/m0/s1. The number of anilines is 1. The molecule has 2 aromatic carbocycles. The second kappa shape index (κ2) is 8.22. The Morgan fingerprint density at radius 2 is 2.00 bits per heavy atom. The van der Waals surface area contributed by atoms with Crippen molar-refractivity contribution in [3.63, 3.8) is 0 Å². The molecule has 0 bridgehead atoms. The van der Waals surface area contributed by atoms with E-state index in [0.29, 0.717) is 6.54 Å². The number of hydrogen-bond acceptors (Lipinski definition) is 4. The van der Waals surface area contributed by atoms with Gasteiger partial charge in [0.2, 0.25) is 0 Å². The first-order valence-corrected chi connectivity index (χ1v) is 9.97. The van der Waals surface area contributed by atoms with Crippen LogP contribution in [0.5, 0.6) is 0 Å². The summed E-state index contributed by atoms with van der Waals surface area (Å²) in [5.74, 6) is -1.09. The molecule has 0 aliphatic heterocycles. The van der Waals surface area contributed by atoms with Gasteiger partial charge in [-0.25, -0.2) is 17.8 Å². The number of rotatable bonds is 7. The van der Waals surface area contributed by atoms with Crippen molar-refractivity contribution >= 4 is 21.6 Å². The first-order valence-electron chi connectivity index (χ1n) is 8.49. The molecule has 0 radical (unpaired) electrons. The number of hydrogen-bond donors (Lipinski definition) is 2. The summed E-state index contributed by atoms with van der Waals surface area (Å²) < 4.78 is 42.8. The number of amides is 1. The summed E-state index contributed by atoms with van der Waals surface area (Å²) in [6.07, 6.45) is 5.07. The van der Waals surface area contributed by atoms with Gasteiger partial charge >= 0.3 is 0 Å². The average Bonchev–Trinajstić information content (AvgIpc) is 3.16. The third-order valence-electron chi connectivity index (χ3n) is 3.95. The van der Waals surface area contributed by atoms with Crippen molar-refractivity contribution in [1.82, 2.24) is 14.9 Å². The van der Waals surface area contributed by atoms with Crippen LogP contribution < -0.4 is 10.0 Å². The van der Waals surface area contributed by atoms with E-state index in [1.165, 1.54) is 42.5 Å². The predicted octanol–water partition coefficient (Wildman–Crippen LogP) is 2.64. The number of carbonyl (C=O) groups is 1. The highest BCUT2D eigenvalue weighted by Crippen LogP contribution is 2.19. The molecule has 7 nitrogen and oxygen atoms in total. The summed E-state index contributed by atoms with van der Waals surface area (Å²) in [6.45, 7) is 2.36. The lowest BCUT2D eigenvalue weighted by atomic mass is 10.2. The van der Waals surface area contributed by atoms with Gasteiger partial charge in [0.05, 0.1) is 16.9 Å². The Morgan fingerprint density at radius 1 is 1.21 bits per heavy atom. The molecule has 0 aliphatic carbocycles. The van der Waals surface area contributed by atoms with Crippen LogP contribution in [0, 0.1) is 5.82 Å². The van der Waals surface area contributed by atoms with Gasteiger partial charge in [-0.15, -0.1) is 0 Å². The zero-order chi connectivity index (χ0) is 20.1. The molecule has 28 heavy (non-hydrogen) atoms. The van der Waals surface area contributed by atoms with Crippen LogP contribution in [0.15, 0.2) is 72.1 Å². The molecule has 1 atom stereocenters. The smallest absolute Gasteiger partial charge is 0.262 e. The van der Waals surface area contributed by atoms with E-state index in [9.17, 15) is 17.6 Å². The van der Waals surface area contributed by atoms with Crippen molar-refractivity contribution in [2.45, 2.75) is 24.4 Å². The fourth-order valence-electron chi connectivity index (χ4n) is 2.62. The fourth-order valence-corrected chi connectivity index (χ4v) is 3.73. The summed E-state index contributed by atoms with van der Waals surface area (Å²) in [6, 6.07) is 10.8.